The molecule has 9 heteroatoms. The highest BCUT2D eigenvalue weighted by atomic mass is 32.2. The Morgan fingerprint density at radius 2 is 2.00 bits per heavy atom. The van der Waals surface area contributed by atoms with Crippen LogP contribution in [0.25, 0.3) is 0 Å². The van der Waals surface area contributed by atoms with Crippen molar-refractivity contribution in [3.8, 4) is 0 Å². The van der Waals surface area contributed by atoms with Crippen LogP contribution in [0.15, 0.2) is 29.2 Å². The van der Waals surface area contributed by atoms with Crippen LogP contribution in [-0.2, 0) is 25.5 Å². The molecule has 0 saturated carbocycles. The number of alkyl halides is 3. The lowest BCUT2D eigenvalue weighted by atomic mass is 10.2. The molecular weight excluding hydrogens is 335 g/mol. The average Bonchev–Trinajstić information content (AvgIpc) is 2.97. The Kier molecular flexibility index (Phi) is 5.00. The van der Waals surface area contributed by atoms with Gasteiger partial charge in [-0.3, -0.25) is 4.79 Å². The zero-order valence-electron chi connectivity index (χ0n) is 12.3. The summed E-state index contributed by atoms with van der Waals surface area (Å²) in [5.74, 6) is -0.602. The molecule has 1 heterocycles. The molecule has 0 radical (unpaired) electrons. The zero-order chi connectivity index (χ0) is 17.3. The molecule has 0 bridgehead atoms. The Labute approximate surface area is 131 Å². The van der Waals surface area contributed by atoms with E-state index in [4.69, 9.17) is 4.74 Å². The van der Waals surface area contributed by atoms with Gasteiger partial charge in [-0.05, 0) is 25.5 Å². The summed E-state index contributed by atoms with van der Waals surface area (Å²) in [6.45, 7) is 1.66. The Morgan fingerprint density at radius 1 is 1.35 bits per heavy atom. The third-order valence-corrected chi connectivity index (χ3v) is 5.81. The van der Waals surface area contributed by atoms with Crippen LogP contribution in [0.4, 0.5) is 13.2 Å². The number of rotatable bonds is 4. The van der Waals surface area contributed by atoms with Gasteiger partial charge >= 0.3 is 12.1 Å². The van der Waals surface area contributed by atoms with Gasteiger partial charge in [0.25, 0.3) is 0 Å². The largest absolute Gasteiger partial charge is 0.465 e. The fourth-order valence-electron chi connectivity index (χ4n) is 2.49. The Morgan fingerprint density at radius 3 is 2.61 bits per heavy atom. The van der Waals surface area contributed by atoms with E-state index in [0.29, 0.717) is 0 Å². The summed E-state index contributed by atoms with van der Waals surface area (Å²) in [6, 6.07) is 3.23. The van der Waals surface area contributed by atoms with E-state index >= 15 is 0 Å². The number of hydrogen-bond acceptors (Lipinski definition) is 5. The lowest BCUT2D eigenvalue weighted by Crippen LogP contribution is -2.32. The first-order valence-electron chi connectivity index (χ1n) is 6.98. The number of halogens is 3. The van der Waals surface area contributed by atoms with Gasteiger partial charge in [-0.2, -0.15) is 13.2 Å². The van der Waals surface area contributed by atoms with Crippen molar-refractivity contribution in [1.29, 1.82) is 0 Å². The molecule has 1 aromatic carbocycles. The summed E-state index contributed by atoms with van der Waals surface area (Å²) in [7, 11) is -4.22. The second kappa shape index (κ2) is 6.48. The van der Waals surface area contributed by atoms with Crippen LogP contribution in [0, 0.1) is 0 Å². The highest BCUT2D eigenvalue weighted by Crippen LogP contribution is 2.36. The highest BCUT2D eigenvalue weighted by molar-refractivity contribution is 7.92. The maximum Gasteiger partial charge on any atom is 0.417 e. The molecule has 0 spiro atoms. The summed E-state index contributed by atoms with van der Waals surface area (Å²) in [5, 5.41) is 1.58. The van der Waals surface area contributed by atoms with E-state index in [1.54, 1.807) is 6.92 Å². The summed E-state index contributed by atoms with van der Waals surface area (Å²) in [4.78, 5) is 10.9. The number of carbonyl (C=O) groups excluding carboxylic acids is 1. The monoisotopic (exact) mass is 351 g/mol. The van der Waals surface area contributed by atoms with Gasteiger partial charge in [-0.15, -0.1) is 0 Å². The molecule has 1 saturated heterocycles. The van der Waals surface area contributed by atoms with Crippen LogP contribution in [0.2, 0.25) is 0 Å². The van der Waals surface area contributed by atoms with E-state index in [2.05, 4.69) is 5.32 Å². The van der Waals surface area contributed by atoms with Crippen molar-refractivity contribution >= 4 is 15.8 Å². The maximum absolute atomic E-state index is 13.0. The van der Waals surface area contributed by atoms with Crippen molar-refractivity contribution in [3.63, 3.8) is 0 Å². The molecule has 1 fully saturated rings. The first kappa shape index (κ1) is 17.7. The Bertz CT molecular complexity index is 688. The zero-order valence-corrected chi connectivity index (χ0v) is 13.1. The minimum absolute atomic E-state index is 0.0992. The molecule has 0 unspecified atom stereocenters. The molecule has 1 N–H and O–H groups in total. The first-order valence-corrected chi connectivity index (χ1v) is 8.52. The lowest BCUT2D eigenvalue weighted by Gasteiger charge is -2.16. The fourth-order valence-corrected chi connectivity index (χ4v) is 4.37. The van der Waals surface area contributed by atoms with Crippen molar-refractivity contribution in [2.75, 3.05) is 13.2 Å². The molecule has 2 rings (SSSR count). The molecule has 0 aromatic heterocycles. The van der Waals surface area contributed by atoms with E-state index in [-0.39, 0.29) is 19.6 Å². The Balaban J connectivity index is 2.29. The lowest BCUT2D eigenvalue weighted by molar-refractivity contribution is -0.145. The van der Waals surface area contributed by atoms with Crippen LogP contribution in [0.1, 0.15) is 18.9 Å². The van der Waals surface area contributed by atoms with E-state index < -0.39 is 43.7 Å². The molecule has 5 nitrogen and oxygen atoms in total. The molecule has 2 atom stereocenters. The maximum atomic E-state index is 13.0. The molecular formula is C14H16F3NO4S. The van der Waals surface area contributed by atoms with Gasteiger partial charge in [0, 0.05) is 6.54 Å². The van der Waals surface area contributed by atoms with Crippen molar-refractivity contribution in [1.82, 2.24) is 5.32 Å². The predicted octanol–water partition coefficient (Wildman–Crippen LogP) is 1.77. The molecule has 23 heavy (non-hydrogen) atoms. The van der Waals surface area contributed by atoms with E-state index in [9.17, 15) is 26.4 Å². The number of sulfone groups is 1. The molecule has 1 aliphatic heterocycles. The summed E-state index contributed by atoms with van der Waals surface area (Å²) < 4.78 is 68.9. The van der Waals surface area contributed by atoms with E-state index in [0.717, 1.165) is 18.2 Å². The topological polar surface area (TPSA) is 72.5 Å². The Hall–Kier alpha value is -1.61. The van der Waals surface area contributed by atoms with Crippen LogP contribution >= 0.6 is 0 Å². The van der Waals surface area contributed by atoms with Gasteiger partial charge < -0.3 is 10.1 Å². The molecule has 128 valence electrons. The average molecular weight is 351 g/mol. The second-order valence-corrected chi connectivity index (χ2v) is 7.31. The van der Waals surface area contributed by atoms with Crippen LogP contribution in [0.5, 0.6) is 0 Å². The van der Waals surface area contributed by atoms with Crippen LogP contribution in [0.3, 0.4) is 0 Å². The quantitative estimate of drug-likeness (QED) is 0.837. The fraction of sp³-hybridized carbons (Fsp3) is 0.500. The van der Waals surface area contributed by atoms with Crippen molar-refractivity contribution in [3.05, 3.63) is 29.8 Å². The van der Waals surface area contributed by atoms with Crippen molar-refractivity contribution in [2.24, 2.45) is 0 Å². The minimum atomic E-state index is -4.77. The summed E-state index contributed by atoms with van der Waals surface area (Å²) >= 11 is 0. The molecule has 1 aromatic rings. The van der Waals surface area contributed by atoms with Crippen molar-refractivity contribution in [2.45, 2.75) is 35.7 Å². The van der Waals surface area contributed by atoms with Gasteiger partial charge in [0.2, 0.25) is 0 Å². The second-order valence-electron chi connectivity index (χ2n) is 5.11. The summed E-state index contributed by atoms with van der Waals surface area (Å²) in [6.07, 6.45) is -4.89. The minimum Gasteiger partial charge on any atom is -0.465 e. The molecule has 0 aliphatic carbocycles. The van der Waals surface area contributed by atoms with E-state index in [1.807, 2.05) is 0 Å². The van der Waals surface area contributed by atoms with Gasteiger partial charge in [0.15, 0.2) is 9.84 Å². The smallest absolute Gasteiger partial charge is 0.417 e. The van der Waals surface area contributed by atoms with Gasteiger partial charge in [-0.1, -0.05) is 12.1 Å². The number of hydrogen-bond donors (Lipinski definition) is 1. The highest BCUT2D eigenvalue weighted by Gasteiger charge is 2.43. The van der Waals surface area contributed by atoms with Crippen molar-refractivity contribution < 1.29 is 31.1 Å². The molecule has 1 aliphatic rings. The third-order valence-electron chi connectivity index (χ3n) is 3.60. The molecule has 0 amide bonds. The normalized spacial score (nSPS) is 22.1. The standard InChI is InChI=1S/C14H16F3NO4S/c1-2-22-13(19)11-7-9(8-18-11)23(20,21)12-6-4-3-5-10(12)14(15,16)17/h3-6,9,11,18H,2,7-8H2,1H3/t9-,11+/m1/s1. The number of benzene rings is 1. The van der Waals surface area contributed by atoms with Gasteiger partial charge in [-0.25, -0.2) is 8.42 Å². The third kappa shape index (κ3) is 3.66. The van der Waals surface area contributed by atoms with E-state index in [1.165, 1.54) is 6.07 Å². The van der Waals surface area contributed by atoms with Crippen LogP contribution in [-0.4, -0.2) is 38.8 Å². The number of ether oxygens (including phenoxy) is 1. The number of esters is 1. The summed E-state index contributed by atoms with van der Waals surface area (Å²) in [5.41, 5.74) is -1.19. The van der Waals surface area contributed by atoms with Gasteiger partial charge in [0.1, 0.15) is 6.04 Å². The van der Waals surface area contributed by atoms with Crippen LogP contribution < -0.4 is 5.32 Å². The number of nitrogens with one attached hydrogen (secondary N) is 1. The predicted molar refractivity (Wildman–Crippen MR) is 75.5 cm³/mol. The first-order chi connectivity index (χ1) is 10.7. The SMILES string of the molecule is CCOC(=O)[C@@H]1C[C@@H](S(=O)(=O)c2ccccc2C(F)(F)F)CN1. The number of carbonyl (C=O) groups is 1. The van der Waals surface area contributed by atoms with Gasteiger partial charge in [0.05, 0.1) is 22.3 Å².